The van der Waals surface area contributed by atoms with Gasteiger partial charge in [-0.25, -0.2) is 4.57 Å². The lowest BCUT2D eigenvalue weighted by Gasteiger charge is -2.19. The number of ether oxygens (including phenoxy) is 2. The fourth-order valence-corrected chi connectivity index (χ4v) is 10.5. The van der Waals surface area contributed by atoms with Crippen molar-refractivity contribution in [2.24, 2.45) is 5.73 Å². The van der Waals surface area contributed by atoms with E-state index < -0.39 is 26.5 Å². The average Bonchev–Trinajstić information content (AvgIpc) is 3.40. The molecule has 0 saturated heterocycles. The van der Waals surface area contributed by atoms with Crippen molar-refractivity contribution in [2.45, 2.75) is 341 Å². The predicted molar refractivity (Wildman–Crippen MR) is 321 cm³/mol. The van der Waals surface area contributed by atoms with Crippen LogP contribution in [0, 0.1) is 0 Å². The van der Waals surface area contributed by atoms with E-state index in [9.17, 15) is 19.0 Å². The molecule has 0 aromatic carbocycles. The maximum Gasteiger partial charge on any atom is 0.472 e. The average molecular weight is 1080 g/mol. The third-order valence-corrected chi connectivity index (χ3v) is 15.5. The van der Waals surface area contributed by atoms with Gasteiger partial charge in [-0.3, -0.25) is 18.6 Å². The van der Waals surface area contributed by atoms with Gasteiger partial charge in [0.25, 0.3) is 0 Å². The Balaban J connectivity index is 3.71. The van der Waals surface area contributed by atoms with Gasteiger partial charge in [-0.05, 0) is 44.9 Å². The Labute approximate surface area is 464 Å². The van der Waals surface area contributed by atoms with Crippen LogP contribution in [0.2, 0.25) is 0 Å². The van der Waals surface area contributed by atoms with Gasteiger partial charge in [-0.1, -0.05) is 314 Å². The summed E-state index contributed by atoms with van der Waals surface area (Å²) in [5, 5.41) is 0. The van der Waals surface area contributed by atoms with Crippen LogP contribution in [0.25, 0.3) is 0 Å². The van der Waals surface area contributed by atoms with Crippen LogP contribution in [0.15, 0.2) is 36.5 Å². The van der Waals surface area contributed by atoms with E-state index in [0.29, 0.717) is 6.42 Å². The van der Waals surface area contributed by atoms with Crippen LogP contribution in [-0.2, 0) is 32.7 Å². The molecule has 0 amide bonds. The summed E-state index contributed by atoms with van der Waals surface area (Å²) in [6, 6.07) is 0. The van der Waals surface area contributed by atoms with E-state index in [1.807, 2.05) is 0 Å². The maximum atomic E-state index is 12.7. The lowest BCUT2D eigenvalue weighted by molar-refractivity contribution is -0.161. The smallest absolute Gasteiger partial charge is 0.462 e. The second-order valence-corrected chi connectivity index (χ2v) is 23.4. The third-order valence-electron chi connectivity index (χ3n) is 14.5. The normalized spacial score (nSPS) is 13.2. The van der Waals surface area contributed by atoms with Crippen LogP contribution < -0.4 is 5.73 Å². The molecule has 3 N–H and O–H groups in total. The molecule has 2 unspecified atom stereocenters. The number of carbonyl (C=O) groups is 2. The molecular weight excluding hydrogens is 954 g/mol. The summed E-state index contributed by atoms with van der Waals surface area (Å²) >= 11 is 0. The summed E-state index contributed by atoms with van der Waals surface area (Å²) in [7, 11) is -4.39. The summed E-state index contributed by atoms with van der Waals surface area (Å²) in [5.41, 5.74) is 5.38. The van der Waals surface area contributed by atoms with E-state index in [1.54, 1.807) is 0 Å². The highest BCUT2D eigenvalue weighted by Crippen LogP contribution is 2.43. The molecule has 0 spiro atoms. The lowest BCUT2D eigenvalue weighted by Crippen LogP contribution is -2.29. The van der Waals surface area contributed by atoms with Crippen LogP contribution in [0.4, 0.5) is 0 Å². The van der Waals surface area contributed by atoms with Crippen molar-refractivity contribution in [3.8, 4) is 0 Å². The number of carbonyl (C=O) groups excluding carboxylic acids is 2. The summed E-state index contributed by atoms with van der Waals surface area (Å²) < 4.78 is 33.0. The van der Waals surface area contributed by atoms with Gasteiger partial charge in [0.05, 0.1) is 13.2 Å². The van der Waals surface area contributed by atoms with E-state index in [0.717, 1.165) is 70.6 Å². The molecule has 0 aliphatic rings. The van der Waals surface area contributed by atoms with Crippen molar-refractivity contribution < 1.29 is 37.6 Å². The molecule has 0 rings (SSSR count). The van der Waals surface area contributed by atoms with Crippen molar-refractivity contribution >= 4 is 19.8 Å². The number of hydrogen-bond acceptors (Lipinski definition) is 8. The minimum absolute atomic E-state index is 0.0511. The molecule has 0 aliphatic carbocycles. The van der Waals surface area contributed by atoms with Crippen LogP contribution in [-0.4, -0.2) is 49.3 Å². The molecular formula is C65H124NO8P. The fraction of sp³-hybridized carbons (Fsp3) is 0.877. The Hall–Kier alpha value is -1.77. The number of nitrogens with two attached hydrogens (primary N) is 1. The molecule has 0 aliphatic heterocycles. The van der Waals surface area contributed by atoms with Gasteiger partial charge in [0.15, 0.2) is 6.10 Å². The number of hydrogen-bond donors (Lipinski definition) is 2. The van der Waals surface area contributed by atoms with Gasteiger partial charge >= 0.3 is 19.8 Å². The van der Waals surface area contributed by atoms with Crippen molar-refractivity contribution in [2.75, 3.05) is 26.4 Å². The molecule has 0 aromatic heterocycles. The largest absolute Gasteiger partial charge is 0.472 e. The first-order valence-electron chi connectivity index (χ1n) is 32.5. The predicted octanol–water partition coefficient (Wildman–Crippen LogP) is 20.7. The topological polar surface area (TPSA) is 134 Å². The summed E-state index contributed by atoms with van der Waals surface area (Å²) in [6.07, 6.45) is 75.5. The SMILES string of the molecule is CC/C=C\C/C=C\C/C=C\CCCCCCCC(=O)OC(COC(=O)CCCCCCCCCCCCCCCCCCCCCCCCCCCCCCCCCCCCCCCCC)COP(=O)(O)OCCN. The molecule has 9 nitrogen and oxygen atoms in total. The van der Waals surface area contributed by atoms with E-state index in [4.69, 9.17) is 24.3 Å². The molecule has 442 valence electrons. The fourth-order valence-electron chi connectivity index (χ4n) is 9.77. The molecule has 2 atom stereocenters. The van der Waals surface area contributed by atoms with Crippen molar-refractivity contribution in [3.05, 3.63) is 36.5 Å². The van der Waals surface area contributed by atoms with Gasteiger partial charge in [-0.2, -0.15) is 0 Å². The number of unbranched alkanes of at least 4 members (excludes halogenated alkanes) is 43. The van der Waals surface area contributed by atoms with E-state index in [1.165, 1.54) is 231 Å². The van der Waals surface area contributed by atoms with Crippen LogP contribution in [0.5, 0.6) is 0 Å². The zero-order valence-corrected chi connectivity index (χ0v) is 50.4. The van der Waals surface area contributed by atoms with Gasteiger partial charge in [0, 0.05) is 19.4 Å². The summed E-state index contributed by atoms with van der Waals surface area (Å²) in [6.45, 7) is 3.66. The number of rotatable bonds is 62. The Morgan fingerprint density at radius 3 is 1.09 bits per heavy atom. The molecule has 10 heteroatoms. The first-order valence-corrected chi connectivity index (χ1v) is 34.0. The monoisotopic (exact) mass is 1080 g/mol. The standard InChI is InChI=1S/C65H124NO8P/c1-3-5-7-9-11-13-15-17-19-20-21-22-23-24-25-26-27-28-29-30-31-32-33-34-35-36-37-38-39-40-41-42-44-45-47-49-51-53-55-57-64(67)71-61-63(62-73-75(69,70)72-60-59-66)74-65(68)58-56-54-52-50-48-46-43-18-16-14-12-10-8-6-4-2/h6,8,12,14,18,43,63H,3-5,7,9-11,13,15-17,19-42,44-62,66H2,1-2H3,(H,69,70)/b8-6-,14-12-,43-18-. The highest BCUT2D eigenvalue weighted by Gasteiger charge is 2.26. The molecule has 0 bridgehead atoms. The zero-order valence-electron chi connectivity index (χ0n) is 49.6. The molecule has 0 radical (unpaired) electrons. The molecule has 0 fully saturated rings. The molecule has 75 heavy (non-hydrogen) atoms. The van der Waals surface area contributed by atoms with Crippen LogP contribution >= 0.6 is 7.82 Å². The van der Waals surface area contributed by atoms with Gasteiger partial charge in [0.1, 0.15) is 6.61 Å². The van der Waals surface area contributed by atoms with Crippen molar-refractivity contribution in [1.82, 2.24) is 0 Å². The molecule has 0 saturated carbocycles. The summed E-state index contributed by atoms with van der Waals surface area (Å²) in [4.78, 5) is 35.1. The van der Waals surface area contributed by atoms with Gasteiger partial charge in [0.2, 0.25) is 0 Å². The highest BCUT2D eigenvalue weighted by atomic mass is 31.2. The Bertz CT molecular complexity index is 1320. The Morgan fingerprint density at radius 1 is 0.413 bits per heavy atom. The van der Waals surface area contributed by atoms with E-state index >= 15 is 0 Å². The molecule has 0 aromatic rings. The number of phosphoric ester groups is 1. The maximum absolute atomic E-state index is 12.7. The van der Waals surface area contributed by atoms with Crippen LogP contribution in [0.1, 0.15) is 335 Å². The molecule has 0 heterocycles. The third kappa shape index (κ3) is 61.3. The lowest BCUT2D eigenvalue weighted by atomic mass is 10.0. The number of phosphoric acid groups is 1. The minimum Gasteiger partial charge on any atom is -0.462 e. The first-order chi connectivity index (χ1) is 36.8. The van der Waals surface area contributed by atoms with Crippen molar-refractivity contribution in [3.63, 3.8) is 0 Å². The first kappa shape index (κ1) is 73.2. The second-order valence-electron chi connectivity index (χ2n) is 22.0. The van der Waals surface area contributed by atoms with Crippen LogP contribution in [0.3, 0.4) is 0 Å². The Kier molecular flexibility index (Phi) is 60.0. The minimum atomic E-state index is -4.39. The summed E-state index contributed by atoms with van der Waals surface area (Å²) in [5.74, 6) is -0.834. The zero-order chi connectivity index (χ0) is 54.5. The highest BCUT2D eigenvalue weighted by molar-refractivity contribution is 7.47. The quantitative estimate of drug-likeness (QED) is 0.0264. The van der Waals surface area contributed by atoms with E-state index in [2.05, 4.69) is 50.3 Å². The van der Waals surface area contributed by atoms with Gasteiger partial charge < -0.3 is 20.1 Å². The Morgan fingerprint density at radius 2 is 0.733 bits per heavy atom. The van der Waals surface area contributed by atoms with E-state index in [-0.39, 0.29) is 38.6 Å². The van der Waals surface area contributed by atoms with Crippen molar-refractivity contribution in [1.29, 1.82) is 0 Å². The second kappa shape index (κ2) is 61.4. The number of allylic oxidation sites excluding steroid dienone is 6. The number of esters is 2. The van der Waals surface area contributed by atoms with Gasteiger partial charge in [-0.15, -0.1) is 0 Å².